The molecule has 0 aliphatic heterocycles. The molecule has 5 heteroatoms. The summed E-state index contributed by atoms with van der Waals surface area (Å²) in [6.45, 7) is 0.445. The van der Waals surface area contributed by atoms with E-state index in [1.54, 1.807) is 0 Å². The Hall–Kier alpha value is -2.09. The quantitative estimate of drug-likeness (QED) is 0.766. The Morgan fingerprint density at radius 1 is 1.38 bits per heavy atom. The highest BCUT2D eigenvalue weighted by atomic mass is 19.1. The molecule has 2 N–H and O–H groups in total. The largest absolute Gasteiger partial charge is 0.338 e. The van der Waals surface area contributed by atoms with E-state index >= 15 is 0 Å². The molecule has 0 aromatic heterocycles. The van der Waals surface area contributed by atoms with Crippen molar-refractivity contribution in [2.24, 2.45) is 0 Å². The maximum Gasteiger partial charge on any atom is 0.319 e. The van der Waals surface area contributed by atoms with Crippen LogP contribution in [0.2, 0.25) is 0 Å². The van der Waals surface area contributed by atoms with Crippen molar-refractivity contribution >= 4 is 11.7 Å². The van der Waals surface area contributed by atoms with Crippen molar-refractivity contribution in [2.45, 2.75) is 12.8 Å². The van der Waals surface area contributed by atoms with Crippen molar-refractivity contribution in [1.82, 2.24) is 5.32 Å². The summed E-state index contributed by atoms with van der Waals surface area (Å²) in [7, 11) is 0. The molecule has 1 aromatic rings. The van der Waals surface area contributed by atoms with Crippen molar-refractivity contribution in [1.29, 1.82) is 5.26 Å². The van der Waals surface area contributed by atoms with Gasteiger partial charge in [0.1, 0.15) is 5.82 Å². The summed E-state index contributed by atoms with van der Waals surface area (Å²) >= 11 is 0. The predicted octanol–water partition coefficient (Wildman–Crippen LogP) is 2.25. The first-order chi connectivity index (χ1) is 7.72. The van der Waals surface area contributed by atoms with E-state index in [2.05, 4.69) is 10.6 Å². The van der Waals surface area contributed by atoms with E-state index in [1.807, 2.05) is 6.07 Å². The van der Waals surface area contributed by atoms with Gasteiger partial charge in [-0.2, -0.15) is 5.26 Å². The molecule has 0 bridgehead atoms. The summed E-state index contributed by atoms with van der Waals surface area (Å²) in [5.74, 6) is -0.347. The molecule has 1 rings (SSSR count). The van der Waals surface area contributed by atoms with E-state index in [-0.39, 0.29) is 11.8 Å². The van der Waals surface area contributed by atoms with Crippen LogP contribution in [0.25, 0.3) is 0 Å². The number of nitrogens with zero attached hydrogens (tertiary/aromatic N) is 1. The number of carbonyl (C=O) groups excluding carboxylic acids is 1. The molecule has 0 radical (unpaired) electrons. The molecule has 0 saturated heterocycles. The van der Waals surface area contributed by atoms with Gasteiger partial charge in [-0.1, -0.05) is 0 Å². The van der Waals surface area contributed by atoms with E-state index in [1.165, 1.54) is 24.3 Å². The van der Waals surface area contributed by atoms with E-state index in [0.29, 0.717) is 25.1 Å². The van der Waals surface area contributed by atoms with Crippen LogP contribution >= 0.6 is 0 Å². The summed E-state index contributed by atoms with van der Waals surface area (Å²) < 4.78 is 12.6. The number of nitriles is 1. The van der Waals surface area contributed by atoms with Crippen LogP contribution in [0.5, 0.6) is 0 Å². The number of anilines is 1. The standard InChI is InChI=1S/C11H12FN3O/c12-9-3-5-10(6-4-9)15-11(16)14-8-2-1-7-13/h3-6H,1-2,8H2,(H2,14,15,16). The first kappa shape index (κ1) is 12.0. The summed E-state index contributed by atoms with van der Waals surface area (Å²) in [6, 6.07) is 7.12. The third-order valence-electron chi connectivity index (χ3n) is 1.85. The normalized spacial score (nSPS) is 9.25. The number of nitrogens with one attached hydrogen (secondary N) is 2. The van der Waals surface area contributed by atoms with Crippen molar-refractivity contribution in [3.63, 3.8) is 0 Å². The smallest absolute Gasteiger partial charge is 0.319 e. The Balaban J connectivity index is 2.29. The van der Waals surface area contributed by atoms with Gasteiger partial charge in [-0.05, 0) is 30.7 Å². The average Bonchev–Trinajstić information content (AvgIpc) is 2.28. The van der Waals surface area contributed by atoms with Gasteiger partial charge in [0.2, 0.25) is 0 Å². The fraction of sp³-hybridized carbons (Fsp3) is 0.273. The molecule has 0 saturated carbocycles. The Morgan fingerprint density at radius 3 is 2.69 bits per heavy atom. The van der Waals surface area contributed by atoms with Crippen LogP contribution in [0, 0.1) is 17.1 Å². The van der Waals surface area contributed by atoms with Gasteiger partial charge in [-0.25, -0.2) is 9.18 Å². The number of hydrogen-bond donors (Lipinski definition) is 2. The van der Waals surface area contributed by atoms with Crippen LogP contribution in [-0.4, -0.2) is 12.6 Å². The van der Waals surface area contributed by atoms with Crippen LogP contribution in [0.4, 0.5) is 14.9 Å². The van der Waals surface area contributed by atoms with Gasteiger partial charge in [0, 0.05) is 18.7 Å². The Kier molecular flexibility index (Phi) is 4.80. The summed E-state index contributed by atoms with van der Waals surface area (Å²) in [4.78, 5) is 11.3. The summed E-state index contributed by atoms with van der Waals surface area (Å²) in [5.41, 5.74) is 0.527. The Labute approximate surface area is 93.1 Å². The molecule has 2 amide bonds. The number of halogens is 1. The first-order valence-corrected chi connectivity index (χ1v) is 4.90. The van der Waals surface area contributed by atoms with E-state index < -0.39 is 0 Å². The number of unbranched alkanes of at least 4 members (excludes halogenated alkanes) is 1. The molecule has 1 aromatic carbocycles. The lowest BCUT2D eigenvalue weighted by Gasteiger charge is -2.06. The van der Waals surface area contributed by atoms with Crippen LogP contribution in [-0.2, 0) is 0 Å². The third kappa shape index (κ3) is 4.42. The molecule has 0 atom stereocenters. The molecule has 0 aliphatic rings. The van der Waals surface area contributed by atoms with Gasteiger partial charge in [0.15, 0.2) is 0 Å². The number of rotatable bonds is 4. The maximum absolute atomic E-state index is 12.6. The van der Waals surface area contributed by atoms with Gasteiger partial charge < -0.3 is 10.6 Å². The minimum atomic E-state index is -0.357. The number of benzene rings is 1. The SMILES string of the molecule is N#CCCCNC(=O)Nc1ccc(F)cc1. The highest BCUT2D eigenvalue weighted by molar-refractivity contribution is 5.89. The molecule has 0 aliphatic carbocycles. The fourth-order valence-corrected chi connectivity index (χ4v) is 1.08. The van der Waals surface area contributed by atoms with Crippen molar-refractivity contribution in [3.8, 4) is 6.07 Å². The zero-order valence-electron chi connectivity index (χ0n) is 8.66. The monoisotopic (exact) mass is 221 g/mol. The first-order valence-electron chi connectivity index (χ1n) is 4.90. The Bertz CT molecular complexity index is 383. The zero-order chi connectivity index (χ0) is 11.8. The fourth-order valence-electron chi connectivity index (χ4n) is 1.08. The highest BCUT2D eigenvalue weighted by Gasteiger charge is 2.00. The molecular formula is C11H12FN3O. The number of carbonyl (C=O) groups is 1. The lowest BCUT2D eigenvalue weighted by atomic mass is 10.3. The molecular weight excluding hydrogens is 209 g/mol. The third-order valence-corrected chi connectivity index (χ3v) is 1.85. The van der Waals surface area contributed by atoms with Crippen molar-refractivity contribution in [2.75, 3.05) is 11.9 Å². The van der Waals surface area contributed by atoms with Crippen LogP contribution < -0.4 is 10.6 Å². The van der Waals surface area contributed by atoms with Gasteiger partial charge in [-0.3, -0.25) is 0 Å². The van der Waals surface area contributed by atoms with E-state index in [0.717, 1.165) is 0 Å². The lowest BCUT2D eigenvalue weighted by molar-refractivity contribution is 0.252. The number of urea groups is 1. The molecule has 0 heterocycles. The van der Waals surface area contributed by atoms with Gasteiger partial charge in [0.05, 0.1) is 6.07 Å². The maximum atomic E-state index is 12.6. The average molecular weight is 221 g/mol. The molecule has 0 fully saturated rings. The molecule has 16 heavy (non-hydrogen) atoms. The van der Waals surface area contributed by atoms with Crippen LogP contribution in [0.15, 0.2) is 24.3 Å². The van der Waals surface area contributed by atoms with E-state index in [4.69, 9.17) is 5.26 Å². The molecule has 0 spiro atoms. The zero-order valence-corrected chi connectivity index (χ0v) is 8.66. The summed E-state index contributed by atoms with van der Waals surface area (Å²) in [5, 5.41) is 13.4. The summed E-state index contributed by atoms with van der Waals surface area (Å²) in [6.07, 6.45) is 1.03. The van der Waals surface area contributed by atoms with Crippen LogP contribution in [0.3, 0.4) is 0 Å². The van der Waals surface area contributed by atoms with Crippen molar-refractivity contribution < 1.29 is 9.18 Å². The van der Waals surface area contributed by atoms with Gasteiger partial charge in [0.25, 0.3) is 0 Å². The van der Waals surface area contributed by atoms with Crippen LogP contribution in [0.1, 0.15) is 12.8 Å². The number of amides is 2. The van der Waals surface area contributed by atoms with Crippen molar-refractivity contribution in [3.05, 3.63) is 30.1 Å². The second-order valence-corrected chi connectivity index (χ2v) is 3.15. The predicted molar refractivity (Wildman–Crippen MR) is 58.3 cm³/mol. The van der Waals surface area contributed by atoms with Gasteiger partial charge in [-0.15, -0.1) is 0 Å². The number of hydrogen-bond acceptors (Lipinski definition) is 2. The molecule has 4 nitrogen and oxygen atoms in total. The van der Waals surface area contributed by atoms with E-state index in [9.17, 15) is 9.18 Å². The topological polar surface area (TPSA) is 64.9 Å². The highest BCUT2D eigenvalue weighted by Crippen LogP contribution is 2.07. The lowest BCUT2D eigenvalue weighted by Crippen LogP contribution is -2.29. The minimum Gasteiger partial charge on any atom is -0.338 e. The molecule has 84 valence electrons. The van der Waals surface area contributed by atoms with Gasteiger partial charge >= 0.3 is 6.03 Å². The Morgan fingerprint density at radius 2 is 2.06 bits per heavy atom. The second kappa shape index (κ2) is 6.40. The molecule has 0 unspecified atom stereocenters. The second-order valence-electron chi connectivity index (χ2n) is 3.15. The minimum absolute atomic E-state index is 0.347.